The van der Waals surface area contributed by atoms with Crippen molar-refractivity contribution < 1.29 is 0 Å². The molecule has 0 aliphatic heterocycles. The fourth-order valence-electron chi connectivity index (χ4n) is 1.80. The Labute approximate surface area is 68.3 Å². The second-order valence-electron chi connectivity index (χ2n) is 3.79. The van der Waals surface area contributed by atoms with Gasteiger partial charge in [0.05, 0.1) is 0 Å². The molecule has 0 aromatic heterocycles. The first-order valence-corrected chi connectivity index (χ1v) is 4.13. The minimum Gasteiger partial charge on any atom is -0.0620 e. The molecule has 0 spiro atoms. The first-order valence-electron chi connectivity index (χ1n) is 4.13. The molecule has 0 heterocycles. The summed E-state index contributed by atoms with van der Waals surface area (Å²) in [4.78, 5) is 0. The Bertz CT molecular complexity index is 271. The van der Waals surface area contributed by atoms with Gasteiger partial charge >= 0.3 is 0 Å². The van der Waals surface area contributed by atoms with E-state index in [-0.39, 0.29) is 0 Å². The highest BCUT2D eigenvalue weighted by atomic mass is 14.3. The van der Waals surface area contributed by atoms with E-state index in [1.54, 1.807) is 0 Å². The van der Waals surface area contributed by atoms with Crippen LogP contribution in [0.4, 0.5) is 0 Å². The maximum Gasteiger partial charge on any atom is -0.00663 e. The maximum absolute atomic E-state index is 2.39. The maximum atomic E-state index is 2.39. The van der Waals surface area contributed by atoms with Crippen LogP contribution in [-0.2, 0) is 11.8 Å². The van der Waals surface area contributed by atoms with Gasteiger partial charge in [0.25, 0.3) is 0 Å². The molecule has 11 heavy (non-hydrogen) atoms. The summed E-state index contributed by atoms with van der Waals surface area (Å²) in [5, 5.41) is 0. The fourth-order valence-corrected chi connectivity index (χ4v) is 1.80. The van der Waals surface area contributed by atoms with Crippen LogP contribution >= 0.6 is 0 Å². The molecule has 1 radical (unpaired) electrons. The van der Waals surface area contributed by atoms with Gasteiger partial charge in [0.15, 0.2) is 0 Å². The van der Waals surface area contributed by atoms with Crippen molar-refractivity contribution in [3.8, 4) is 0 Å². The molecule has 0 amide bonds. The van der Waals surface area contributed by atoms with Gasteiger partial charge in [0, 0.05) is 0 Å². The lowest BCUT2D eigenvalue weighted by molar-refractivity contribution is 0.636. The largest absolute Gasteiger partial charge is 0.0620 e. The summed E-state index contributed by atoms with van der Waals surface area (Å²) < 4.78 is 0. The molecular weight excluding hydrogens is 132 g/mol. The normalized spacial score (nSPS) is 19.8. The quantitative estimate of drug-likeness (QED) is 0.526. The summed E-state index contributed by atoms with van der Waals surface area (Å²) in [6.45, 7) is 4.55. The number of benzene rings is 1. The standard InChI is InChI=1S/C11H13/c1-11(2)8-7-9-5-3-4-6-10(9)11/h3-6,8H,7H2,1-2H3. The first kappa shape index (κ1) is 6.90. The number of hydrogen-bond acceptors (Lipinski definition) is 0. The van der Waals surface area contributed by atoms with Crippen LogP contribution in [0.2, 0.25) is 0 Å². The van der Waals surface area contributed by atoms with E-state index >= 15 is 0 Å². The summed E-state index contributed by atoms with van der Waals surface area (Å²) in [6.07, 6.45) is 3.53. The van der Waals surface area contributed by atoms with Crippen molar-refractivity contribution in [1.29, 1.82) is 0 Å². The highest BCUT2D eigenvalue weighted by Gasteiger charge is 2.28. The van der Waals surface area contributed by atoms with Crippen molar-refractivity contribution in [3.63, 3.8) is 0 Å². The predicted octanol–water partition coefficient (Wildman–Crippen LogP) is 2.72. The average molecular weight is 145 g/mol. The number of fused-ring (bicyclic) bond motifs is 1. The molecule has 0 atom stereocenters. The SMILES string of the molecule is CC1(C)[CH]Cc2ccccc21. The topological polar surface area (TPSA) is 0 Å². The summed E-state index contributed by atoms with van der Waals surface area (Å²) in [5.74, 6) is 0. The summed E-state index contributed by atoms with van der Waals surface area (Å²) >= 11 is 0. The molecular formula is C11H13. The van der Waals surface area contributed by atoms with Gasteiger partial charge in [-0.1, -0.05) is 38.1 Å². The summed E-state index contributed by atoms with van der Waals surface area (Å²) in [5.41, 5.74) is 3.30. The highest BCUT2D eigenvalue weighted by molar-refractivity contribution is 5.42. The van der Waals surface area contributed by atoms with Crippen LogP contribution < -0.4 is 0 Å². The summed E-state index contributed by atoms with van der Waals surface area (Å²) in [7, 11) is 0. The molecule has 0 fully saturated rings. The fraction of sp³-hybridized carbons (Fsp3) is 0.364. The van der Waals surface area contributed by atoms with Crippen molar-refractivity contribution in [2.45, 2.75) is 25.7 Å². The molecule has 0 N–H and O–H groups in total. The van der Waals surface area contributed by atoms with Crippen LogP contribution in [0.5, 0.6) is 0 Å². The van der Waals surface area contributed by atoms with Gasteiger partial charge in [-0.25, -0.2) is 0 Å². The van der Waals surface area contributed by atoms with Gasteiger partial charge in [0.1, 0.15) is 0 Å². The first-order chi connectivity index (χ1) is 5.20. The summed E-state index contributed by atoms with van der Waals surface area (Å²) in [6, 6.07) is 8.70. The van der Waals surface area contributed by atoms with E-state index in [2.05, 4.69) is 44.5 Å². The van der Waals surface area contributed by atoms with Crippen LogP contribution in [0.15, 0.2) is 24.3 Å². The van der Waals surface area contributed by atoms with Crippen molar-refractivity contribution in [3.05, 3.63) is 41.8 Å². The second-order valence-corrected chi connectivity index (χ2v) is 3.79. The second kappa shape index (κ2) is 2.10. The molecule has 1 aromatic carbocycles. The molecule has 2 rings (SSSR count). The number of rotatable bonds is 0. The minimum absolute atomic E-state index is 0.302. The third-order valence-corrected chi connectivity index (χ3v) is 2.54. The third kappa shape index (κ3) is 0.973. The van der Waals surface area contributed by atoms with E-state index in [0.717, 1.165) is 6.42 Å². The van der Waals surface area contributed by atoms with E-state index in [0.29, 0.717) is 5.41 Å². The lowest BCUT2D eigenvalue weighted by Crippen LogP contribution is -2.12. The monoisotopic (exact) mass is 145 g/mol. The van der Waals surface area contributed by atoms with Crippen molar-refractivity contribution in [1.82, 2.24) is 0 Å². The third-order valence-electron chi connectivity index (χ3n) is 2.54. The Morgan fingerprint density at radius 2 is 1.91 bits per heavy atom. The van der Waals surface area contributed by atoms with E-state index < -0.39 is 0 Å². The van der Waals surface area contributed by atoms with Gasteiger partial charge in [0.2, 0.25) is 0 Å². The van der Waals surface area contributed by atoms with Crippen LogP contribution in [0, 0.1) is 6.42 Å². The van der Waals surface area contributed by atoms with Crippen LogP contribution in [0.3, 0.4) is 0 Å². The van der Waals surface area contributed by atoms with Gasteiger partial charge in [-0.2, -0.15) is 0 Å². The molecule has 1 aromatic rings. The van der Waals surface area contributed by atoms with Crippen LogP contribution in [0.25, 0.3) is 0 Å². The van der Waals surface area contributed by atoms with Gasteiger partial charge in [-0.05, 0) is 29.4 Å². The van der Waals surface area contributed by atoms with Crippen molar-refractivity contribution in [2.24, 2.45) is 0 Å². The molecule has 1 aliphatic rings. The zero-order chi connectivity index (χ0) is 7.90. The van der Waals surface area contributed by atoms with E-state index in [1.165, 1.54) is 11.1 Å². The Kier molecular flexibility index (Phi) is 1.32. The molecule has 0 unspecified atom stereocenters. The lowest BCUT2D eigenvalue weighted by atomic mass is 9.87. The van der Waals surface area contributed by atoms with E-state index in [1.807, 2.05) is 0 Å². The Morgan fingerprint density at radius 1 is 1.18 bits per heavy atom. The van der Waals surface area contributed by atoms with E-state index in [4.69, 9.17) is 0 Å². The molecule has 0 saturated heterocycles. The van der Waals surface area contributed by atoms with Gasteiger partial charge < -0.3 is 0 Å². The predicted molar refractivity (Wildman–Crippen MR) is 47.5 cm³/mol. The average Bonchev–Trinajstić information content (AvgIpc) is 2.29. The zero-order valence-electron chi connectivity index (χ0n) is 7.09. The van der Waals surface area contributed by atoms with Crippen molar-refractivity contribution in [2.75, 3.05) is 0 Å². The minimum atomic E-state index is 0.302. The van der Waals surface area contributed by atoms with Crippen LogP contribution in [-0.4, -0.2) is 0 Å². The smallest absolute Gasteiger partial charge is 0.00663 e. The molecule has 0 bridgehead atoms. The molecule has 1 aliphatic carbocycles. The van der Waals surface area contributed by atoms with Gasteiger partial charge in [-0.15, -0.1) is 0 Å². The molecule has 0 nitrogen and oxygen atoms in total. The Hall–Kier alpha value is -0.780. The Balaban J connectivity index is 2.56. The van der Waals surface area contributed by atoms with E-state index in [9.17, 15) is 0 Å². The van der Waals surface area contributed by atoms with Crippen LogP contribution in [0.1, 0.15) is 25.0 Å². The lowest BCUT2D eigenvalue weighted by Gasteiger charge is -2.17. The molecule has 0 saturated carbocycles. The molecule has 57 valence electrons. The zero-order valence-corrected chi connectivity index (χ0v) is 7.09. The number of hydrogen-bond donors (Lipinski definition) is 0. The Morgan fingerprint density at radius 3 is 2.64 bits per heavy atom. The molecule has 0 heteroatoms. The van der Waals surface area contributed by atoms with Gasteiger partial charge in [-0.3, -0.25) is 0 Å². The van der Waals surface area contributed by atoms with Crippen molar-refractivity contribution >= 4 is 0 Å². The highest BCUT2D eigenvalue weighted by Crippen LogP contribution is 2.36.